The lowest BCUT2D eigenvalue weighted by Crippen LogP contribution is -2.38. The van der Waals surface area contributed by atoms with Crippen LogP contribution in [0.1, 0.15) is 13.8 Å². The lowest BCUT2D eigenvalue weighted by atomic mass is 10.1. The highest BCUT2D eigenvalue weighted by molar-refractivity contribution is 7.89. The minimum Gasteiger partial charge on any atom is -0.396 e. The molecule has 2 aromatic rings. The molecular formula is C14H17ClN2O3S. The molecule has 5 nitrogen and oxygen atoms in total. The zero-order valence-corrected chi connectivity index (χ0v) is 13.3. The molecule has 2 unspecified atom stereocenters. The Hall–Kier alpha value is -1.21. The Morgan fingerprint density at radius 1 is 1.29 bits per heavy atom. The van der Waals surface area contributed by atoms with E-state index in [1.54, 1.807) is 38.1 Å². The first-order chi connectivity index (χ1) is 9.83. The number of nitrogens with zero attached hydrogens (tertiary/aromatic N) is 1. The number of benzene rings is 1. The van der Waals surface area contributed by atoms with E-state index in [-0.39, 0.29) is 23.5 Å². The smallest absolute Gasteiger partial charge is 0.240 e. The van der Waals surface area contributed by atoms with E-state index < -0.39 is 10.0 Å². The number of rotatable bonds is 5. The topological polar surface area (TPSA) is 79.3 Å². The summed E-state index contributed by atoms with van der Waals surface area (Å²) >= 11 is 5.80. The van der Waals surface area contributed by atoms with Gasteiger partial charge in [0.25, 0.3) is 0 Å². The van der Waals surface area contributed by atoms with Crippen molar-refractivity contribution in [2.24, 2.45) is 5.92 Å². The average Bonchev–Trinajstić information content (AvgIpc) is 2.45. The minimum absolute atomic E-state index is 0.0795. The fraction of sp³-hybridized carbons (Fsp3) is 0.357. The predicted molar refractivity (Wildman–Crippen MR) is 82.8 cm³/mol. The SMILES string of the molecule is CC(CO)C(C)NS(=O)(=O)c1ccc2nc(Cl)ccc2c1. The summed E-state index contributed by atoms with van der Waals surface area (Å²) in [5.74, 6) is -0.166. The summed E-state index contributed by atoms with van der Waals surface area (Å²) in [5, 5.41) is 10.1. The maximum absolute atomic E-state index is 12.3. The molecular weight excluding hydrogens is 312 g/mol. The fourth-order valence-corrected chi connectivity index (χ4v) is 3.37. The van der Waals surface area contributed by atoms with Gasteiger partial charge < -0.3 is 5.11 Å². The molecule has 2 N–H and O–H groups in total. The molecule has 1 heterocycles. The molecule has 2 atom stereocenters. The average molecular weight is 329 g/mol. The molecule has 1 aromatic carbocycles. The monoisotopic (exact) mass is 328 g/mol. The number of sulfonamides is 1. The van der Waals surface area contributed by atoms with Gasteiger partial charge in [0.05, 0.1) is 10.4 Å². The maximum Gasteiger partial charge on any atom is 0.240 e. The summed E-state index contributed by atoms with van der Waals surface area (Å²) in [5.41, 5.74) is 0.637. The van der Waals surface area contributed by atoms with Crippen molar-refractivity contribution in [2.75, 3.05) is 6.61 Å². The normalized spacial score (nSPS) is 15.0. The largest absolute Gasteiger partial charge is 0.396 e. The minimum atomic E-state index is -3.64. The molecule has 0 spiro atoms. The zero-order valence-electron chi connectivity index (χ0n) is 11.7. The standard InChI is InChI=1S/C14H17ClN2O3S/c1-9(8-18)10(2)17-21(19,20)12-4-5-13-11(7-12)3-6-14(15)16-13/h3-7,9-10,17-18H,8H2,1-2H3. The van der Waals surface area contributed by atoms with E-state index in [0.29, 0.717) is 16.1 Å². The maximum atomic E-state index is 12.3. The van der Waals surface area contributed by atoms with Gasteiger partial charge in [0, 0.05) is 18.0 Å². The first-order valence-corrected chi connectivity index (χ1v) is 8.39. The van der Waals surface area contributed by atoms with Gasteiger partial charge in [0.1, 0.15) is 5.15 Å². The second-order valence-electron chi connectivity index (χ2n) is 5.06. The van der Waals surface area contributed by atoms with Crippen molar-refractivity contribution in [1.29, 1.82) is 0 Å². The van der Waals surface area contributed by atoms with Gasteiger partial charge in [-0.15, -0.1) is 0 Å². The molecule has 0 amide bonds. The quantitative estimate of drug-likeness (QED) is 0.824. The number of pyridine rings is 1. The van der Waals surface area contributed by atoms with E-state index in [4.69, 9.17) is 16.7 Å². The number of aliphatic hydroxyl groups excluding tert-OH is 1. The molecule has 0 aliphatic carbocycles. The van der Waals surface area contributed by atoms with Crippen molar-refractivity contribution >= 4 is 32.5 Å². The Kier molecular flexibility index (Phi) is 4.83. The molecule has 0 aliphatic rings. The van der Waals surface area contributed by atoms with E-state index in [1.807, 2.05) is 0 Å². The Balaban J connectivity index is 2.34. The highest BCUT2D eigenvalue weighted by Gasteiger charge is 2.21. The van der Waals surface area contributed by atoms with Crippen molar-refractivity contribution < 1.29 is 13.5 Å². The number of hydrogen-bond donors (Lipinski definition) is 2. The van der Waals surface area contributed by atoms with Crippen LogP contribution in [0.2, 0.25) is 5.15 Å². The molecule has 7 heteroatoms. The molecule has 0 radical (unpaired) electrons. The fourth-order valence-electron chi connectivity index (χ4n) is 1.83. The first kappa shape index (κ1) is 16.2. The summed E-state index contributed by atoms with van der Waals surface area (Å²) in [6.45, 7) is 3.42. The van der Waals surface area contributed by atoms with Crippen LogP contribution in [0.5, 0.6) is 0 Å². The Bertz CT molecular complexity index is 749. The second-order valence-corrected chi connectivity index (χ2v) is 7.16. The van der Waals surface area contributed by atoms with Crippen molar-refractivity contribution in [3.05, 3.63) is 35.5 Å². The number of aromatic nitrogens is 1. The molecule has 0 saturated carbocycles. The van der Waals surface area contributed by atoms with Crippen LogP contribution < -0.4 is 4.72 Å². The Morgan fingerprint density at radius 3 is 2.67 bits per heavy atom. The second kappa shape index (κ2) is 6.27. The third-order valence-corrected chi connectivity index (χ3v) is 5.19. The number of aliphatic hydroxyl groups is 1. The lowest BCUT2D eigenvalue weighted by Gasteiger charge is -2.19. The van der Waals surface area contributed by atoms with Gasteiger partial charge >= 0.3 is 0 Å². The van der Waals surface area contributed by atoms with Crippen molar-refractivity contribution in [3.8, 4) is 0 Å². The molecule has 2 rings (SSSR count). The first-order valence-electron chi connectivity index (χ1n) is 6.53. The summed E-state index contributed by atoms with van der Waals surface area (Å²) in [4.78, 5) is 4.28. The molecule has 21 heavy (non-hydrogen) atoms. The summed E-state index contributed by atoms with van der Waals surface area (Å²) < 4.78 is 27.2. The van der Waals surface area contributed by atoms with Crippen LogP contribution in [0.15, 0.2) is 35.2 Å². The van der Waals surface area contributed by atoms with Crippen LogP contribution in [0.25, 0.3) is 10.9 Å². The van der Waals surface area contributed by atoms with Crippen molar-refractivity contribution in [3.63, 3.8) is 0 Å². The molecule has 0 fully saturated rings. The van der Waals surface area contributed by atoms with Gasteiger partial charge in [-0.25, -0.2) is 18.1 Å². The predicted octanol–water partition coefficient (Wildman–Crippen LogP) is 2.18. The number of fused-ring (bicyclic) bond motifs is 1. The summed E-state index contributed by atoms with van der Waals surface area (Å²) in [6.07, 6.45) is 0. The van der Waals surface area contributed by atoms with Crippen molar-refractivity contribution in [2.45, 2.75) is 24.8 Å². The Morgan fingerprint density at radius 2 is 2.00 bits per heavy atom. The van der Waals surface area contributed by atoms with Crippen LogP contribution in [0.4, 0.5) is 0 Å². The van der Waals surface area contributed by atoms with Gasteiger partial charge in [-0.05, 0) is 43.2 Å². The number of halogens is 1. The van der Waals surface area contributed by atoms with E-state index in [0.717, 1.165) is 0 Å². The summed E-state index contributed by atoms with van der Waals surface area (Å²) in [6, 6.07) is 7.64. The van der Waals surface area contributed by atoms with Crippen LogP contribution in [0, 0.1) is 5.92 Å². The van der Waals surface area contributed by atoms with E-state index in [1.165, 1.54) is 6.07 Å². The van der Waals surface area contributed by atoms with Gasteiger partial charge in [-0.1, -0.05) is 18.5 Å². The highest BCUT2D eigenvalue weighted by Crippen LogP contribution is 2.20. The third kappa shape index (κ3) is 3.71. The zero-order chi connectivity index (χ0) is 15.6. The van der Waals surface area contributed by atoms with Gasteiger partial charge in [0.15, 0.2) is 0 Å². The van der Waals surface area contributed by atoms with Crippen LogP contribution in [0.3, 0.4) is 0 Å². The number of hydrogen-bond acceptors (Lipinski definition) is 4. The van der Waals surface area contributed by atoms with Gasteiger partial charge in [-0.2, -0.15) is 0 Å². The van der Waals surface area contributed by atoms with Gasteiger partial charge in [0.2, 0.25) is 10.0 Å². The van der Waals surface area contributed by atoms with Crippen LogP contribution in [-0.4, -0.2) is 31.2 Å². The van der Waals surface area contributed by atoms with E-state index in [9.17, 15) is 8.42 Å². The number of nitrogens with one attached hydrogen (secondary N) is 1. The molecule has 0 aliphatic heterocycles. The lowest BCUT2D eigenvalue weighted by molar-refractivity contribution is 0.216. The molecule has 114 valence electrons. The third-order valence-electron chi connectivity index (χ3n) is 3.42. The highest BCUT2D eigenvalue weighted by atomic mass is 35.5. The molecule has 0 bridgehead atoms. The van der Waals surface area contributed by atoms with Crippen LogP contribution >= 0.6 is 11.6 Å². The van der Waals surface area contributed by atoms with E-state index in [2.05, 4.69) is 9.71 Å². The van der Waals surface area contributed by atoms with Crippen LogP contribution in [-0.2, 0) is 10.0 Å². The Labute approximate surface area is 129 Å². The van der Waals surface area contributed by atoms with E-state index >= 15 is 0 Å². The molecule has 0 saturated heterocycles. The molecule has 1 aromatic heterocycles. The summed E-state index contributed by atoms with van der Waals surface area (Å²) in [7, 11) is -3.64. The van der Waals surface area contributed by atoms with Crippen molar-refractivity contribution in [1.82, 2.24) is 9.71 Å². The van der Waals surface area contributed by atoms with Gasteiger partial charge in [-0.3, -0.25) is 0 Å².